The van der Waals surface area contributed by atoms with Crippen LogP contribution >= 0.6 is 0 Å². The number of aromatic nitrogens is 3. The van der Waals surface area contributed by atoms with Gasteiger partial charge in [0.1, 0.15) is 12.1 Å². The number of carbonyl (C=O) groups excluding carboxylic acids is 3. The van der Waals surface area contributed by atoms with E-state index in [2.05, 4.69) is 10.3 Å². The normalized spacial score (nSPS) is 14.9. The number of hydrogen-bond donors (Lipinski definition) is 0. The van der Waals surface area contributed by atoms with Crippen molar-refractivity contribution in [3.05, 3.63) is 24.3 Å². The number of ether oxygens (including phenoxy) is 2. The molecule has 0 bridgehead atoms. The zero-order valence-corrected chi connectivity index (χ0v) is 15.2. The molecule has 3 rings (SSSR count). The average Bonchev–Trinajstić information content (AvgIpc) is 3.09. The minimum absolute atomic E-state index is 0.112. The van der Waals surface area contributed by atoms with E-state index in [9.17, 15) is 14.4 Å². The van der Waals surface area contributed by atoms with Crippen LogP contribution in [-0.4, -0.2) is 64.0 Å². The number of esters is 2. The third-order valence-corrected chi connectivity index (χ3v) is 4.52. The Bertz CT molecular complexity index is 826. The Balaban J connectivity index is 1.44. The van der Waals surface area contributed by atoms with Crippen LogP contribution in [-0.2, 0) is 30.4 Å². The van der Waals surface area contributed by atoms with Crippen molar-refractivity contribution in [2.45, 2.75) is 26.3 Å². The van der Waals surface area contributed by atoms with E-state index < -0.39 is 5.97 Å². The van der Waals surface area contributed by atoms with E-state index in [-0.39, 0.29) is 30.9 Å². The first-order valence-electron chi connectivity index (χ1n) is 8.96. The van der Waals surface area contributed by atoms with Crippen molar-refractivity contribution in [1.29, 1.82) is 0 Å². The van der Waals surface area contributed by atoms with Crippen LogP contribution in [0.5, 0.6) is 0 Å². The maximum atomic E-state index is 12.2. The van der Waals surface area contributed by atoms with Gasteiger partial charge in [-0.25, -0.2) is 4.68 Å². The van der Waals surface area contributed by atoms with Crippen LogP contribution in [0, 0.1) is 5.92 Å². The zero-order chi connectivity index (χ0) is 19.2. The van der Waals surface area contributed by atoms with Crippen LogP contribution in [0.3, 0.4) is 0 Å². The maximum Gasteiger partial charge on any atom is 0.328 e. The van der Waals surface area contributed by atoms with Gasteiger partial charge in [-0.05, 0) is 31.9 Å². The van der Waals surface area contributed by atoms with Gasteiger partial charge >= 0.3 is 11.9 Å². The number of nitrogens with zero attached hydrogens (tertiary/aromatic N) is 4. The third kappa shape index (κ3) is 4.60. The lowest BCUT2D eigenvalue weighted by Gasteiger charge is -2.30. The van der Waals surface area contributed by atoms with E-state index >= 15 is 0 Å². The van der Waals surface area contributed by atoms with Gasteiger partial charge in [-0.1, -0.05) is 17.3 Å². The SMILES string of the molecule is CCOC(=O)C1CCN(C(=O)COC(=O)Cn2nnc3ccccc32)CC1. The fourth-order valence-corrected chi connectivity index (χ4v) is 3.06. The fraction of sp³-hybridized carbons (Fsp3) is 0.500. The van der Waals surface area contributed by atoms with Gasteiger partial charge in [-0.15, -0.1) is 5.10 Å². The summed E-state index contributed by atoms with van der Waals surface area (Å²) in [6.45, 7) is 2.59. The van der Waals surface area contributed by atoms with Crippen molar-refractivity contribution in [2.75, 3.05) is 26.3 Å². The standard InChI is InChI=1S/C18H22N4O5/c1-2-26-18(25)13-7-9-21(10-8-13)16(23)12-27-17(24)11-22-15-6-4-3-5-14(15)19-20-22/h3-6,13H,2,7-12H2,1H3. The molecule has 0 unspecified atom stereocenters. The molecule has 1 aliphatic rings. The van der Waals surface area contributed by atoms with Crippen molar-refractivity contribution in [3.63, 3.8) is 0 Å². The molecule has 0 spiro atoms. The second-order valence-electron chi connectivity index (χ2n) is 6.30. The van der Waals surface area contributed by atoms with E-state index in [4.69, 9.17) is 9.47 Å². The molecule has 9 heteroatoms. The predicted octanol–water partition coefficient (Wildman–Crippen LogP) is 0.776. The van der Waals surface area contributed by atoms with Crippen LogP contribution in [0.15, 0.2) is 24.3 Å². The van der Waals surface area contributed by atoms with E-state index in [1.807, 2.05) is 18.2 Å². The Morgan fingerprint density at radius 2 is 1.89 bits per heavy atom. The van der Waals surface area contributed by atoms with Gasteiger partial charge in [0.2, 0.25) is 0 Å². The molecule has 0 radical (unpaired) electrons. The summed E-state index contributed by atoms with van der Waals surface area (Å²) in [5.41, 5.74) is 1.41. The molecular weight excluding hydrogens is 352 g/mol. The lowest BCUT2D eigenvalue weighted by atomic mass is 9.97. The summed E-state index contributed by atoms with van der Waals surface area (Å²) < 4.78 is 11.5. The van der Waals surface area contributed by atoms with Crippen LogP contribution in [0.25, 0.3) is 11.0 Å². The summed E-state index contributed by atoms with van der Waals surface area (Å²) in [6.07, 6.45) is 1.12. The first kappa shape index (κ1) is 18.8. The summed E-state index contributed by atoms with van der Waals surface area (Å²) in [4.78, 5) is 37.6. The molecule has 1 fully saturated rings. The molecule has 2 aromatic rings. The average molecular weight is 374 g/mol. The first-order valence-corrected chi connectivity index (χ1v) is 8.96. The van der Waals surface area contributed by atoms with Gasteiger partial charge in [0, 0.05) is 13.1 Å². The number of para-hydroxylation sites is 1. The Morgan fingerprint density at radius 1 is 1.15 bits per heavy atom. The molecule has 1 amide bonds. The minimum Gasteiger partial charge on any atom is -0.466 e. The highest BCUT2D eigenvalue weighted by atomic mass is 16.5. The molecule has 1 aromatic heterocycles. The van der Waals surface area contributed by atoms with Crippen LogP contribution in [0.4, 0.5) is 0 Å². The first-order chi connectivity index (χ1) is 13.1. The van der Waals surface area contributed by atoms with Crippen molar-refractivity contribution >= 4 is 28.9 Å². The molecule has 0 saturated carbocycles. The molecule has 0 aliphatic carbocycles. The van der Waals surface area contributed by atoms with Crippen molar-refractivity contribution in [3.8, 4) is 0 Å². The van der Waals surface area contributed by atoms with Gasteiger partial charge in [-0.3, -0.25) is 14.4 Å². The summed E-state index contributed by atoms with van der Waals surface area (Å²) in [5, 5.41) is 7.89. The number of fused-ring (bicyclic) bond motifs is 1. The smallest absolute Gasteiger partial charge is 0.328 e. The number of amides is 1. The molecule has 1 saturated heterocycles. The Labute approximate surface area is 156 Å². The van der Waals surface area contributed by atoms with Gasteiger partial charge < -0.3 is 14.4 Å². The number of benzene rings is 1. The highest BCUT2D eigenvalue weighted by molar-refractivity contribution is 5.82. The topological polar surface area (TPSA) is 104 Å². The number of carbonyl (C=O) groups is 3. The van der Waals surface area contributed by atoms with Crippen molar-refractivity contribution in [1.82, 2.24) is 19.9 Å². The van der Waals surface area contributed by atoms with Crippen molar-refractivity contribution < 1.29 is 23.9 Å². The van der Waals surface area contributed by atoms with E-state index in [0.29, 0.717) is 38.1 Å². The van der Waals surface area contributed by atoms with Gasteiger partial charge in [0.15, 0.2) is 6.61 Å². The number of likely N-dealkylation sites (tertiary alicyclic amines) is 1. The van der Waals surface area contributed by atoms with Gasteiger partial charge in [0.05, 0.1) is 18.0 Å². The molecule has 27 heavy (non-hydrogen) atoms. The minimum atomic E-state index is -0.555. The van der Waals surface area contributed by atoms with Crippen LogP contribution < -0.4 is 0 Å². The Hall–Kier alpha value is -2.97. The second-order valence-corrected chi connectivity index (χ2v) is 6.30. The predicted molar refractivity (Wildman–Crippen MR) is 94.4 cm³/mol. The zero-order valence-electron chi connectivity index (χ0n) is 15.2. The highest BCUT2D eigenvalue weighted by Gasteiger charge is 2.28. The largest absolute Gasteiger partial charge is 0.466 e. The number of piperidine rings is 1. The van der Waals surface area contributed by atoms with Crippen molar-refractivity contribution in [2.24, 2.45) is 5.92 Å². The lowest BCUT2D eigenvalue weighted by molar-refractivity contribution is -0.155. The van der Waals surface area contributed by atoms with E-state index in [1.54, 1.807) is 17.9 Å². The summed E-state index contributed by atoms with van der Waals surface area (Å²) in [7, 11) is 0. The molecule has 0 atom stereocenters. The van der Waals surface area contributed by atoms with Crippen LogP contribution in [0.2, 0.25) is 0 Å². The molecule has 2 heterocycles. The van der Waals surface area contributed by atoms with E-state index in [0.717, 1.165) is 5.52 Å². The van der Waals surface area contributed by atoms with E-state index in [1.165, 1.54) is 4.68 Å². The van der Waals surface area contributed by atoms with Gasteiger partial charge in [0.25, 0.3) is 5.91 Å². The van der Waals surface area contributed by atoms with Crippen LogP contribution in [0.1, 0.15) is 19.8 Å². The summed E-state index contributed by atoms with van der Waals surface area (Å²) >= 11 is 0. The fourth-order valence-electron chi connectivity index (χ4n) is 3.06. The lowest BCUT2D eigenvalue weighted by Crippen LogP contribution is -2.42. The molecule has 1 aliphatic heterocycles. The maximum absolute atomic E-state index is 12.2. The molecular formula is C18H22N4O5. The third-order valence-electron chi connectivity index (χ3n) is 4.52. The molecule has 9 nitrogen and oxygen atoms in total. The highest BCUT2D eigenvalue weighted by Crippen LogP contribution is 2.18. The molecule has 0 N–H and O–H groups in total. The molecule has 1 aromatic carbocycles. The Kier molecular flexibility index (Phi) is 6.00. The number of hydrogen-bond acceptors (Lipinski definition) is 7. The number of rotatable bonds is 6. The Morgan fingerprint density at radius 3 is 2.63 bits per heavy atom. The summed E-state index contributed by atoms with van der Waals surface area (Å²) in [6, 6.07) is 7.27. The second kappa shape index (κ2) is 8.61. The molecule has 144 valence electrons. The summed E-state index contributed by atoms with van der Waals surface area (Å²) in [5.74, 6) is -1.21. The quantitative estimate of drug-likeness (QED) is 0.688. The van der Waals surface area contributed by atoms with Gasteiger partial charge in [-0.2, -0.15) is 0 Å². The monoisotopic (exact) mass is 374 g/mol.